The number of nitrogens with zero attached hydrogens (tertiary/aromatic N) is 2. The molecule has 7 aromatic carbocycles. The lowest BCUT2D eigenvalue weighted by atomic mass is 9.82. The van der Waals surface area contributed by atoms with E-state index in [1.165, 1.54) is 24.3 Å². The Balaban J connectivity index is 0.886. The van der Waals surface area contributed by atoms with Gasteiger partial charge in [-0.1, -0.05) is 24.3 Å². The van der Waals surface area contributed by atoms with E-state index in [9.17, 15) is 28.8 Å². The first-order valence-corrected chi connectivity index (χ1v) is 39.5. The highest BCUT2D eigenvalue weighted by molar-refractivity contribution is 6.41. The van der Waals surface area contributed by atoms with E-state index in [0.717, 1.165) is 9.80 Å². The number of hydrogen-bond donors (Lipinski definition) is 2. The molecule has 0 saturated carbocycles. The summed E-state index contributed by atoms with van der Waals surface area (Å²) in [5.41, 5.74) is 1.31. The zero-order valence-corrected chi connectivity index (χ0v) is 68.4. The zero-order valence-electron chi connectivity index (χ0n) is 68.4. The Morgan fingerprint density at radius 3 is 0.661 bits per heavy atom. The summed E-state index contributed by atoms with van der Waals surface area (Å²) >= 11 is 0. The molecule has 2 aliphatic heterocycles. The van der Waals surface area contributed by atoms with Crippen LogP contribution in [0.2, 0.25) is 0 Å². The van der Waals surface area contributed by atoms with Gasteiger partial charge in [-0.2, -0.15) is 0 Å². The molecule has 0 aromatic heterocycles. The number of rotatable bonds is 68. The Labute approximate surface area is 686 Å². The number of carbonyl (C=O) groups is 6. The predicted octanol–water partition coefficient (Wildman–Crippen LogP) is 6.14. The van der Waals surface area contributed by atoms with Crippen LogP contribution in [0.4, 0.5) is 0 Å². The number of ether oxygens (including phenoxy) is 24. The Morgan fingerprint density at radius 2 is 0.449 bits per heavy atom. The molecule has 0 radical (unpaired) electrons. The number of methoxy groups -OCH3 is 6. The van der Waals surface area contributed by atoms with Crippen molar-refractivity contribution in [3.63, 3.8) is 0 Å². The minimum absolute atomic E-state index is 0.0501. The molecule has 118 heavy (non-hydrogen) atoms. The SMILES string of the molecule is COCCOCCOCCOc1cc(C(=O)NCCN2C(=O)c3ccc4c5ccc6c7c(ccc(c8ccc(c3c48)C2=O)c75)C(=O)N(CCNC(=O)c2cc(OCCOCCOCCOC)c(OCCOCCOCCOC)c(OCCOCCOCCOC)c2)C6=O)cc(OCCOCCOCCOC)c1OCCOCCOCCOC. The summed E-state index contributed by atoms with van der Waals surface area (Å²) in [6.45, 7) is 9.68. The van der Waals surface area contributed by atoms with Crippen molar-refractivity contribution in [1.29, 1.82) is 0 Å². The molecule has 2 N–H and O–H groups in total. The first-order valence-electron chi connectivity index (χ1n) is 39.5. The van der Waals surface area contributed by atoms with Crippen LogP contribution in [0.1, 0.15) is 62.1 Å². The van der Waals surface area contributed by atoms with Crippen LogP contribution in [-0.2, 0) is 85.3 Å². The third kappa shape index (κ3) is 27.6. The average molecular weight is 1660 g/mol. The van der Waals surface area contributed by atoms with E-state index in [2.05, 4.69) is 10.6 Å². The van der Waals surface area contributed by atoms with Gasteiger partial charge in [0.05, 0.1) is 198 Å². The van der Waals surface area contributed by atoms with Gasteiger partial charge in [0.1, 0.15) is 39.6 Å². The molecule has 2 aliphatic rings. The van der Waals surface area contributed by atoms with Gasteiger partial charge >= 0.3 is 0 Å². The summed E-state index contributed by atoms with van der Waals surface area (Å²) < 4.78 is 136. The van der Waals surface area contributed by atoms with Crippen LogP contribution in [-0.4, -0.2) is 352 Å². The molecule has 9 rings (SSSR count). The van der Waals surface area contributed by atoms with Gasteiger partial charge in [0, 0.05) is 113 Å². The van der Waals surface area contributed by atoms with Gasteiger partial charge in [-0.25, -0.2) is 0 Å². The van der Waals surface area contributed by atoms with E-state index in [0.29, 0.717) is 202 Å². The predicted molar refractivity (Wildman–Crippen MR) is 430 cm³/mol. The standard InChI is InChI=1S/C84H112N4O30/c1-95-19-25-101-31-37-107-43-49-113-69-55-59(56-70(114-50-44-108-38-32-102-26-20-96-2)77(69)117-53-47-111-41-35-105-29-23-99-5)79(89)85-15-17-87-81(91)65-11-7-61-63-9-13-67-76-68(14-10-64(74(63)76)62-8-12-66(82(87)92)75(65)73(61)62)84(94)88(83(67)93)18-16-86-80(90)60-57-71(115-51-45-109-39-33-103-27-21-97-3)78(118-54-48-112-42-36-106-30-24-100-6)72(58-60)116-52-46-110-40-34-104-28-22-98-4/h7-14,55-58H,15-54H2,1-6H3,(H,85,89)(H,86,90). The maximum Gasteiger partial charge on any atom is 0.261 e. The van der Waals surface area contributed by atoms with Gasteiger partial charge < -0.3 is 124 Å². The average Bonchev–Trinajstić information content (AvgIpc) is 0.690. The fraction of sp³-hybridized carbons (Fsp3) is 0.548. The second kappa shape index (κ2) is 52.9. The van der Waals surface area contributed by atoms with Gasteiger partial charge in [0.15, 0.2) is 23.0 Å². The quantitative estimate of drug-likeness (QED) is 0.0187. The van der Waals surface area contributed by atoms with Crippen LogP contribution in [0.3, 0.4) is 0 Å². The summed E-state index contributed by atoms with van der Waals surface area (Å²) in [6.07, 6.45) is 0. The number of amides is 6. The minimum atomic E-state index is -0.574. The highest BCUT2D eigenvalue weighted by atomic mass is 16.6. The van der Waals surface area contributed by atoms with Crippen molar-refractivity contribution in [3.05, 3.63) is 106 Å². The van der Waals surface area contributed by atoms with E-state index in [1.54, 1.807) is 66.9 Å². The summed E-state index contributed by atoms with van der Waals surface area (Å²) in [5.74, 6) is -2.37. The number of carbonyl (C=O) groups excluding carboxylic acids is 6. The molecule has 34 nitrogen and oxygen atoms in total. The summed E-state index contributed by atoms with van der Waals surface area (Å²) in [7, 11) is 9.55. The Kier molecular flexibility index (Phi) is 41.7. The number of imide groups is 2. The Bertz CT molecular complexity index is 3770. The van der Waals surface area contributed by atoms with Crippen molar-refractivity contribution in [2.75, 3.05) is 307 Å². The Hall–Kier alpha value is -8.86. The van der Waals surface area contributed by atoms with Crippen molar-refractivity contribution >= 4 is 78.5 Å². The minimum Gasteiger partial charge on any atom is -0.487 e. The number of benzene rings is 7. The van der Waals surface area contributed by atoms with Crippen LogP contribution in [0.25, 0.3) is 43.1 Å². The van der Waals surface area contributed by atoms with Crippen molar-refractivity contribution in [2.24, 2.45) is 0 Å². The largest absolute Gasteiger partial charge is 0.487 e. The van der Waals surface area contributed by atoms with Crippen molar-refractivity contribution in [1.82, 2.24) is 20.4 Å². The molecule has 2 heterocycles. The topological polar surface area (TPSA) is 354 Å². The number of nitrogens with one attached hydrogen (secondary N) is 2. The third-order valence-corrected chi connectivity index (χ3v) is 18.3. The summed E-state index contributed by atoms with van der Waals surface area (Å²) in [4.78, 5) is 89.9. The lowest BCUT2D eigenvalue weighted by molar-refractivity contribution is 0.0146. The maximum absolute atomic E-state index is 14.8. The molecule has 0 saturated heterocycles. The smallest absolute Gasteiger partial charge is 0.261 e. The maximum atomic E-state index is 14.8. The number of fused-ring (bicyclic) bond motifs is 2. The first-order chi connectivity index (χ1) is 58.0. The molecule has 648 valence electrons. The summed E-state index contributed by atoms with van der Waals surface area (Å²) in [5, 5.41) is 10.7. The van der Waals surface area contributed by atoms with Gasteiger partial charge in [-0.05, 0) is 80.8 Å². The highest BCUT2D eigenvalue weighted by Gasteiger charge is 2.38. The van der Waals surface area contributed by atoms with Crippen LogP contribution < -0.4 is 39.1 Å². The van der Waals surface area contributed by atoms with Crippen molar-refractivity contribution < 1.29 is 142 Å². The van der Waals surface area contributed by atoms with Crippen LogP contribution in [0, 0.1) is 0 Å². The van der Waals surface area contributed by atoms with E-state index in [1.807, 2.05) is 24.3 Å². The second-order valence-electron chi connectivity index (χ2n) is 26.2. The van der Waals surface area contributed by atoms with Gasteiger partial charge in [0.2, 0.25) is 11.5 Å². The van der Waals surface area contributed by atoms with Gasteiger partial charge in [0.25, 0.3) is 35.4 Å². The molecule has 7 aromatic rings. The summed E-state index contributed by atoms with van der Waals surface area (Å²) in [6, 6.07) is 20.0. The fourth-order valence-electron chi connectivity index (χ4n) is 12.7. The molecule has 0 spiro atoms. The van der Waals surface area contributed by atoms with E-state index in [-0.39, 0.29) is 173 Å². The molecule has 0 fully saturated rings. The molecule has 6 amide bonds. The lowest BCUT2D eigenvalue weighted by Gasteiger charge is -2.30. The normalized spacial score (nSPS) is 12.7. The van der Waals surface area contributed by atoms with E-state index in [4.69, 9.17) is 114 Å². The van der Waals surface area contributed by atoms with Gasteiger partial charge in [-0.15, -0.1) is 0 Å². The van der Waals surface area contributed by atoms with E-state index >= 15 is 0 Å². The number of hydrogen-bond acceptors (Lipinski definition) is 30. The third-order valence-electron chi connectivity index (χ3n) is 18.3. The Morgan fingerprint density at radius 1 is 0.254 bits per heavy atom. The van der Waals surface area contributed by atoms with Crippen LogP contribution in [0.15, 0.2) is 72.8 Å². The van der Waals surface area contributed by atoms with Crippen molar-refractivity contribution in [3.8, 4) is 34.5 Å². The molecular formula is C84H112N4O30. The van der Waals surface area contributed by atoms with Crippen LogP contribution >= 0.6 is 0 Å². The molecule has 34 heteroatoms. The van der Waals surface area contributed by atoms with Crippen molar-refractivity contribution in [2.45, 2.75) is 0 Å². The molecule has 0 bridgehead atoms. The lowest BCUT2D eigenvalue weighted by Crippen LogP contribution is -2.44. The monoisotopic (exact) mass is 1660 g/mol. The molecule has 0 atom stereocenters. The fourth-order valence-corrected chi connectivity index (χ4v) is 12.7. The zero-order chi connectivity index (χ0) is 83.3. The molecular weight excluding hydrogens is 1540 g/mol. The van der Waals surface area contributed by atoms with Crippen LogP contribution in [0.5, 0.6) is 34.5 Å². The second-order valence-corrected chi connectivity index (χ2v) is 26.2. The van der Waals surface area contributed by atoms with Gasteiger partial charge in [-0.3, -0.25) is 38.6 Å². The van der Waals surface area contributed by atoms with E-state index < -0.39 is 35.4 Å². The molecule has 0 aliphatic carbocycles. The molecule has 0 unspecified atom stereocenters. The highest BCUT2D eigenvalue weighted by Crippen LogP contribution is 2.47. The first kappa shape index (κ1) is 93.0.